The number of nitrogens with one attached hydrogen (secondary N) is 2. The third-order valence-electron chi connectivity index (χ3n) is 3.65. The van der Waals surface area contributed by atoms with E-state index in [1.165, 1.54) is 0 Å². The molecule has 104 valence electrons. The molecular weight excluding hydrogens is 240 g/mol. The van der Waals surface area contributed by atoms with Crippen LogP contribution in [0.2, 0.25) is 0 Å². The van der Waals surface area contributed by atoms with Crippen molar-refractivity contribution >= 4 is 11.7 Å². The predicted octanol–water partition coefficient (Wildman–Crippen LogP) is 2.68. The summed E-state index contributed by atoms with van der Waals surface area (Å²) in [6, 6.07) is 7.57. The molecule has 0 saturated heterocycles. The molecule has 0 heterocycles. The van der Waals surface area contributed by atoms with Gasteiger partial charge in [0.2, 0.25) is 0 Å². The summed E-state index contributed by atoms with van der Waals surface area (Å²) in [5.41, 5.74) is 1.31. The zero-order valence-electron chi connectivity index (χ0n) is 11.4. The molecule has 0 spiro atoms. The van der Waals surface area contributed by atoms with E-state index in [4.69, 9.17) is 0 Å². The monoisotopic (exact) mass is 262 g/mol. The predicted molar refractivity (Wildman–Crippen MR) is 76.3 cm³/mol. The number of aryl methyl sites for hydroxylation is 1. The Kier molecular flexibility index (Phi) is 4.43. The van der Waals surface area contributed by atoms with E-state index in [0.29, 0.717) is 6.54 Å². The summed E-state index contributed by atoms with van der Waals surface area (Å²) in [6.07, 6.45) is 4.58. The Bertz CT molecular complexity index is 442. The largest absolute Gasteiger partial charge is 0.388 e. The topological polar surface area (TPSA) is 61.4 Å². The Balaban J connectivity index is 1.87. The lowest BCUT2D eigenvalue weighted by molar-refractivity contribution is -0.0287. The van der Waals surface area contributed by atoms with Crippen LogP contribution >= 0.6 is 0 Å². The van der Waals surface area contributed by atoms with Gasteiger partial charge in [0.25, 0.3) is 0 Å². The number of anilines is 1. The van der Waals surface area contributed by atoms with E-state index >= 15 is 0 Å². The number of benzene rings is 1. The molecular formula is C15H22N2O2. The zero-order valence-corrected chi connectivity index (χ0v) is 11.4. The van der Waals surface area contributed by atoms with Gasteiger partial charge >= 0.3 is 6.03 Å². The third kappa shape index (κ3) is 3.70. The average Bonchev–Trinajstić information content (AvgIpc) is 2.37. The van der Waals surface area contributed by atoms with Crippen molar-refractivity contribution in [1.29, 1.82) is 0 Å². The van der Waals surface area contributed by atoms with Crippen molar-refractivity contribution in [2.75, 3.05) is 11.9 Å². The lowest BCUT2D eigenvalue weighted by Gasteiger charge is -2.36. The second kappa shape index (κ2) is 6.06. The Morgan fingerprint density at radius 2 is 2.11 bits per heavy atom. The Morgan fingerprint density at radius 3 is 2.74 bits per heavy atom. The average molecular weight is 262 g/mol. The summed E-state index contributed by atoms with van der Waals surface area (Å²) in [6.45, 7) is 2.44. The molecule has 4 nitrogen and oxygen atoms in total. The van der Waals surface area contributed by atoms with Crippen LogP contribution < -0.4 is 10.6 Å². The lowest BCUT2D eigenvalue weighted by atomic mass is 9.80. The number of carbonyl (C=O) groups is 1. The van der Waals surface area contributed by atoms with Gasteiger partial charge in [0, 0.05) is 12.2 Å². The molecule has 1 aromatic rings. The molecule has 1 aliphatic carbocycles. The van der Waals surface area contributed by atoms with Crippen LogP contribution in [-0.2, 0) is 6.42 Å². The zero-order chi connectivity index (χ0) is 13.7. The Morgan fingerprint density at radius 1 is 1.37 bits per heavy atom. The maximum Gasteiger partial charge on any atom is 0.319 e. The van der Waals surface area contributed by atoms with Crippen molar-refractivity contribution < 1.29 is 9.90 Å². The van der Waals surface area contributed by atoms with Crippen molar-refractivity contribution in [2.24, 2.45) is 0 Å². The minimum atomic E-state index is -0.680. The molecule has 3 N–H and O–H groups in total. The molecule has 0 radical (unpaired) electrons. The molecule has 0 aromatic heterocycles. The van der Waals surface area contributed by atoms with Crippen molar-refractivity contribution in [3.05, 3.63) is 29.8 Å². The number of urea groups is 1. The van der Waals surface area contributed by atoms with E-state index in [2.05, 4.69) is 17.6 Å². The van der Waals surface area contributed by atoms with Crippen LogP contribution in [-0.4, -0.2) is 23.3 Å². The first-order valence-corrected chi connectivity index (χ1v) is 6.98. The van der Waals surface area contributed by atoms with Gasteiger partial charge in [0.05, 0.1) is 5.60 Å². The number of amides is 2. The van der Waals surface area contributed by atoms with Gasteiger partial charge in [-0.2, -0.15) is 0 Å². The highest BCUT2D eigenvalue weighted by atomic mass is 16.3. The smallest absolute Gasteiger partial charge is 0.319 e. The first-order valence-electron chi connectivity index (χ1n) is 6.98. The third-order valence-corrected chi connectivity index (χ3v) is 3.65. The summed E-state index contributed by atoms with van der Waals surface area (Å²) in [4.78, 5) is 11.8. The standard InChI is InChI=1S/C15H22N2O2/c1-2-6-12-7-3-4-8-13(12)17-14(18)16-11-15(19)9-5-10-15/h3-4,7-8,19H,2,5-6,9-11H2,1H3,(H2,16,17,18). The number of carbonyl (C=O) groups excluding carboxylic acids is 1. The summed E-state index contributed by atoms with van der Waals surface area (Å²) < 4.78 is 0. The molecule has 2 rings (SSSR count). The molecule has 0 bridgehead atoms. The second-order valence-electron chi connectivity index (χ2n) is 5.29. The number of aliphatic hydroxyl groups is 1. The van der Waals surface area contributed by atoms with E-state index in [-0.39, 0.29) is 6.03 Å². The Labute approximate surface area is 114 Å². The Hall–Kier alpha value is -1.55. The van der Waals surface area contributed by atoms with E-state index in [0.717, 1.165) is 43.4 Å². The number of rotatable bonds is 5. The first-order chi connectivity index (χ1) is 9.13. The van der Waals surface area contributed by atoms with Gasteiger partial charge in [0.1, 0.15) is 0 Å². The van der Waals surface area contributed by atoms with Gasteiger partial charge in [-0.1, -0.05) is 31.5 Å². The molecule has 1 aliphatic rings. The van der Waals surface area contributed by atoms with Crippen LogP contribution in [0.5, 0.6) is 0 Å². The fourth-order valence-corrected chi connectivity index (χ4v) is 2.30. The van der Waals surface area contributed by atoms with E-state index in [1.54, 1.807) is 0 Å². The van der Waals surface area contributed by atoms with Gasteiger partial charge in [-0.15, -0.1) is 0 Å². The fourth-order valence-electron chi connectivity index (χ4n) is 2.30. The summed E-state index contributed by atoms with van der Waals surface area (Å²) >= 11 is 0. The number of hydrogen-bond donors (Lipinski definition) is 3. The van der Waals surface area contributed by atoms with E-state index < -0.39 is 5.60 Å². The van der Waals surface area contributed by atoms with Gasteiger partial charge in [-0.05, 0) is 37.3 Å². The van der Waals surface area contributed by atoms with E-state index in [1.807, 2.05) is 24.3 Å². The fraction of sp³-hybridized carbons (Fsp3) is 0.533. The molecule has 19 heavy (non-hydrogen) atoms. The molecule has 0 aliphatic heterocycles. The molecule has 1 fully saturated rings. The molecule has 0 unspecified atom stereocenters. The van der Waals surface area contributed by atoms with Gasteiger partial charge in [0.15, 0.2) is 0 Å². The molecule has 4 heteroatoms. The van der Waals surface area contributed by atoms with Crippen LogP contribution in [0.25, 0.3) is 0 Å². The normalized spacial score (nSPS) is 16.5. The van der Waals surface area contributed by atoms with Crippen LogP contribution in [0.3, 0.4) is 0 Å². The SMILES string of the molecule is CCCc1ccccc1NC(=O)NCC1(O)CCC1. The van der Waals surface area contributed by atoms with Crippen LogP contribution in [0.15, 0.2) is 24.3 Å². The molecule has 1 aromatic carbocycles. The summed E-state index contributed by atoms with van der Waals surface area (Å²) in [7, 11) is 0. The van der Waals surface area contributed by atoms with Gasteiger partial charge in [-0.25, -0.2) is 4.79 Å². The highest BCUT2D eigenvalue weighted by molar-refractivity contribution is 5.90. The molecule has 0 atom stereocenters. The van der Waals surface area contributed by atoms with Crippen molar-refractivity contribution in [1.82, 2.24) is 5.32 Å². The van der Waals surface area contributed by atoms with Crippen LogP contribution in [0, 0.1) is 0 Å². The lowest BCUT2D eigenvalue weighted by Crippen LogP contribution is -2.48. The highest BCUT2D eigenvalue weighted by Gasteiger charge is 2.34. The number of para-hydroxylation sites is 1. The van der Waals surface area contributed by atoms with Crippen LogP contribution in [0.1, 0.15) is 38.2 Å². The van der Waals surface area contributed by atoms with Gasteiger partial charge < -0.3 is 15.7 Å². The first kappa shape index (κ1) is 13.9. The van der Waals surface area contributed by atoms with Crippen molar-refractivity contribution in [2.45, 2.75) is 44.6 Å². The van der Waals surface area contributed by atoms with Crippen molar-refractivity contribution in [3.8, 4) is 0 Å². The minimum absolute atomic E-state index is 0.246. The summed E-state index contributed by atoms with van der Waals surface area (Å²) in [5.74, 6) is 0. The highest BCUT2D eigenvalue weighted by Crippen LogP contribution is 2.30. The maximum absolute atomic E-state index is 11.8. The molecule has 2 amide bonds. The summed E-state index contributed by atoms with van der Waals surface area (Å²) in [5, 5.41) is 15.5. The van der Waals surface area contributed by atoms with Crippen LogP contribution in [0.4, 0.5) is 10.5 Å². The van der Waals surface area contributed by atoms with E-state index in [9.17, 15) is 9.90 Å². The minimum Gasteiger partial charge on any atom is -0.388 e. The van der Waals surface area contributed by atoms with Gasteiger partial charge in [-0.3, -0.25) is 0 Å². The maximum atomic E-state index is 11.8. The second-order valence-corrected chi connectivity index (χ2v) is 5.29. The molecule has 1 saturated carbocycles. The quantitative estimate of drug-likeness (QED) is 0.764. The number of hydrogen-bond acceptors (Lipinski definition) is 2. The van der Waals surface area contributed by atoms with Crippen molar-refractivity contribution in [3.63, 3.8) is 0 Å².